The number of hydrogen-bond acceptors (Lipinski definition) is 8. The molecule has 5 atom stereocenters. The van der Waals surface area contributed by atoms with Crippen LogP contribution in [0.4, 0.5) is 4.79 Å². The van der Waals surface area contributed by atoms with Crippen LogP contribution in [-0.4, -0.2) is 65.8 Å². The summed E-state index contributed by atoms with van der Waals surface area (Å²) in [6.45, 7) is 12.1. The Kier molecular flexibility index (Phi) is 14.2. The molecule has 0 spiro atoms. The van der Waals surface area contributed by atoms with Gasteiger partial charge in [0.15, 0.2) is 5.78 Å². The number of carbonyl (C=O) groups is 6. The second-order valence-corrected chi connectivity index (χ2v) is 12.8. The molecule has 0 saturated carbocycles. The van der Waals surface area contributed by atoms with Gasteiger partial charge in [-0.25, -0.2) is 4.79 Å². The lowest BCUT2D eigenvalue weighted by Crippen LogP contribution is -2.58. The molecule has 1 unspecified atom stereocenters. The first-order valence-electron chi connectivity index (χ1n) is 15.3. The Hall–Kier alpha value is -4.22. The number of ketones is 1. The van der Waals surface area contributed by atoms with Crippen molar-refractivity contribution in [1.29, 1.82) is 0 Å². The Morgan fingerprint density at radius 3 is 2.22 bits per heavy atom. The van der Waals surface area contributed by atoms with Crippen LogP contribution in [0.1, 0.15) is 73.3 Å². The van der Waals surface area contributed by atoms with Crippen LogP contribution >= 0.6 is 0 Å². The van der Waals surface area contributed by atoms with Gasteiger partial charge in [0.2, 0.25) is 17.7 Å². The number of alkyl carbamates (subject to hydrolysis) is 1. The van der Waals surface area contributed by atoms with Gasteiger partial charge in [-0.2, -0.15) is 0 Å². The Balaban J connectivity index is 2.26. The largest absolute Gasteiger partial charge is 0.460 e. The van der Waals surface area contributed by atoms with Crippen LogP contribution in [0.25, 0.3) is 0 Å². The lowest BCUT2D eigenvalue weighted by molar-refractivity contribution is -0.161. The number of ether oxygens (including phenoxy) is 2. The van der Waals surface area contributed by atoms with E-state index in [1.807, 2.05) is 19.9 Å². The van der Waals surface area contributed by atoms with Crippen molar-refractivity contribution in [1.82, 2.24) is 21.3 Å². The molecule has 1 aliphatic heterocycles. The molecule has 45 heavy (non-hydrogen) atoms. The minimum atomic E-state index is -1.43. The molecule has 0 aliphatic carbocycles. The van der Waals surface area contributed by atoms with Crippen molar-refractivity contribution < 1.29 is 38.2 Å². The molecule has 0 radical (unpaired) electrons. The fourth-order valence-electron chi connectivity index (χ4n) is 4.70. The van der Waals surface area contributed by atoms with Crippen molar-refractivity contribution >= 4 is 35.6 Å². The maximum absolute atomic E-state index is 13.7. The number of nitrogens with one attached hydrogen (secondary N) is 4. The predicted octanol–water partition coefficient (Wildman–Crippen LogP) is 2.95. The lowest BCUT2D eigenvalue weighted by atomic mass is 9.96. The maximum Gasteiger partial charge on any atom is 0.408 e. The quantitative estimate of drug-likeness (QED) is 0.170. The lowest BCUT2D eigenvalue weighted by Gasteiger charge is -2.29. The summed E-state index contributed by atoms with van der Waals surface area (Å²) in [5.41, 5.74) is -0.121. The maximum atomic E-state index is 13.7. The second kappa shape index (κ2) is 17.3. The molecule has 1 aromatic carbocycles. The first-order valence-corrected chi connectivity index (χ1v) is 15.3. The minimum absolute atomic E-state index is 0.0293. The summed E-state index contributed by atoms with van der Waals surface area (Å²) in [4.78, 5) is 76.9. The fraction of sp³-hybridized carbons (Fsp3) is 0.576. The number of esters is 1. The summed E-state index contributed by atoms with van der Waals surface area (Å²) in [6, 6.07) is 5.82. The normalized spacial score (nSPS) is 17.5. The monoisotopic (exact) mass is 628 g/mol. The molecule has 248 valence electrons. The number of rotatable bonds is 15. The average molecular weight is 629 g/mol. The van der Waals surface area contributed by atoms with Gasteiger partial charge in [0.25, 0.3) is 0 Å². The van der Waals surface area contributed by atoms with Crippen molar-refractivity contribution in [3.63, 3.8) is 0 Å². The number of benzene rings is 1. The van der Waals surface area contributed by atoms with Crippen LogP contribution < -0.4 is 21.3 Å². The Morgan fingerprint density at radius 1 is 1.00 bits per heavy atom. The Bertz CT molecular complexity index is 1220. The third-order valence-electron chi connectivity index (χ3n) is 6.98. The van der Waals surface area contributed by atoms with E-state index in [0.717, 1.165) is 5.56 Å². The smallest absolute Gasteiger partial charge is 0.408 e. The molecule has 1 aliphatic rings. The van der Waals surface area contributed by atoms with Crippen LogP contribution in [-0.2, 0) is 40.1 Å². The molecule has 12 heteroatoms. The van der Waals surface area contributed by atoms with E-state index in [1.54, 1.807) is 45.0 Å². The van der Waals surface area contributed by atoms with Gasteiger partial charge in [-0.1, -0.05) is 50.3 Å². The standard InChI is InChI=1S/C33H48N4O8/c1-20(2)17-26(29(40)35-25(14-13-21(3)38)18-24-15-16-34-28(24)39)36-30(41)27(22(4)31(42)45-33(5,6)7)37-32(43)44-19-23-11-9-8-10-12-23/h8-14,20,22,24-27H,15-19H2,1-7H3,(H,34,39)(H,35,40)(H,36,41)(H,37,43)/b14-13+/t22?,24-,25+,26-,27-/m0/s1. The molecule has 1 saturated heterocycles. The van der Waals surface area contributed by atoms with Gasteiger partial charge >= 0.3 is 12.1 Å². The van der Waals surface area contributed by atoms with Gasteiger partial charge in [-0.05, 0) is 71.4 Å². The average Bonchev–Trinajstić information content (AvgIpc) is 3.35. The first-order chi connectivity index (χ1) is 21.1. The SMILES string of the molecule is CC(=O)/C=C/[C@H](C[C@@H]1CCNC1=O)NC(=O)[C@H](CC(C)C)NC(=O)[C@@H](NC(=O)OCc1ccccc1)C(C)C(=O)OC(C)(C)C. The number of amides is 4. The van der Waals surface area contributed by atoms with Gasteiger partial charge in [-0.15, -0.1) is 0 Å². The summed E-state index contributed by atoms with van der Waals surface area (Å²) < 4.78 is 10.8. The zero-order valence-corrected chi connectivity index (χ0v) is 27.3. The van der Waals surface area contributed by atoms with E-state index in [0.29, 0.717) is 13.0 Å². The van der Waals surface area contributed by atoms with Crippen LogP contribution in [0.2, 0.25) is 0 Å². The number of carbonyl (C=O) groups excluding carboxylic acids is 6. The van der Waals surface area contributed by atoms with Crippen molar-refractivity contribution in [3.05, 3.63) is 48.0 Å². The number of hydrogen-bond donors (Lipinski definition) is 4. The molecule has 0 aromatic heterocycles. The van der Waals surface area contributed by atoms with Gasteiger partial charge in [0.05, 0.1) is 5.92 Å². The molecule has 4 N–H and O–H groups in total. The van der Waals surface area contributed by atoms with E-state index in [1.165, 1.54) is 26.0 Å². The summed E-state index contributed by atoms with van der Waals surface area (Å²) >= 11 is 0. The van der Waals surface area contributed by atoms with Gasteiger partial charge in [0, 0.05) is 18.5 Å². The van der Waals surface area contributed by atoms with Crippen LogP contribution in [0.3, 0.4) is 0 Å². The predicted molar refractivity (Wildman–Crippen MR) is 167 cm³/mol. The van der Waals surface area contributed by atoms with Gasteiger partial charge in [-0.3, -0.25) is 24.0 Å². The summed E-state index contributed by atoms with van der Waals surface area (Å²) in [7, 11) is 0. The van der Waals surface area contributed by atoms with Crippen LogP contribution in [0.5, 0.6) is 0 Å². The van der Waals surface area contributed by atoms with E-state index in [-0.39, 0.29) is 43.0 Å². The highest BCUT2D eigenvalue weighted by molar-refractivity contribution is 5.94. The van der Waals surface area contributed by atoms with E-state index in [4.69, 9.17) is 9.47 Å². The third-order valence-corrected chi connectivity index (χ3v) is 6.98. The molecule has 1 heterocycles. The topological polar surface area (TPSA) is 169 Å². The summed E-state index contributed by atoms with van der Waals surface area (Å²) in [5, 5.41) is 10.8. The molecular formula is C33H48N4O8. The number of allylic oxidation sites excluding steroid dienone is 1. The molecular weight excluding hydrogens is 580 g/mol. The Morgan fingerprint density at radius 2 is 1.67 bits per heavy atom. The Labute approximate surface area is 265 Å². The van der Waals surface area contributed by atoms with Crippen LogP contribution in [0, 0.1) is 17.8 Å². The van der Waals surface area contributed by atoms with Crippen molar-refractivity contribution in [2.45, 2.75) is 98.1 Å². The molecule has 1 aromatic rings. The zero-order chi connectivity index (χ0) is 33.7. The van der Waals surface area contributed by atoms with Gasteiger partial charge < -0.3 is 30.7 Å². The van der Waals surface area contributed by atoms with E-state index < -0.39 is 53.5 Å². The van der Waals surface area contributed by atoms with Gasteiger partial charge in [0.1, 0.15) is 24.3 Å². The van der Waals surface area contributed by atoms with E-state index in [2.05, 4.69) is 21.3 Å². The van der Waals surface area contributed by atoms with E-state index in [9.17, 15) is 28.8 Å². The molecule has 4 amide bonds. The molecule has 12 nitrogen and oxygen atoms in total. The fourth-order valence-corrected chi connectivity index (χ4v) is 4.70. The summed E-state index contributed by atoms with van der Waals surface area (Å²) in [5.74, 6) is -3.89. The zero-order valence-electron chi connectivity index (χ0n) is 27.3. The highest BCUT2D eigenvalue weighted by atomic mass is 16.6. The third kappa shape index (κ3) is 13.5. The molecule has 1 fully saturated rings. The molecule has 2 rings (SSSR count). The highest BCUT2D eigenvalue weighted by Crippen LogP contribution is 2.18. The van der Waals surface area contributed by atoms with Crippen molar-refractivity contribution in [2.24, 2.45) is 17.8 Å². The molecule has 0 bridgehead atoms. The van der Waals surface area contributed by atoms with E-state index >= 15 is 0 Å². The highest BCUT2D eigenvalue weighted by Gasteiger charge is 2.37. The minimum Gasteiger partial charge on any atom is -0.460 e. The van der Waals surface area contributed by atoms with Crippen LogP contribution in [0.15, 0.2) is 42.5 Å². The van der Waals surface area contributed by atoms with Crippen molar-refractivity contribution in [3.8, 4) is 0 Å². The second-order valence-electron chi connectivity index (χ2n) is 12.8. The first kappa shape index (κ1) is 37.0. The van der Waals surface area contributed by atoms with Crippen molar-refractivity contribution in [2.75, 3.05) is 6.54 Å². The summed E-state index contributed by atoms with van der Waals surface area (Å²) in [6.07, 6.45) is 3.05.